The summed E-state index contributed by atoms with van der Waals surface area (Å²) in [5.74, 6) is 1.72. The molecule has 2 heterocycles. The number of pyridine rings is 1. The standard InChI is InChI=1S/C14H16N2O/c1-9-12-7-4-8-13(10(2)17)16(12)14(15-9)11-5-3-6-11/h4,7-8,11H,3,5-6H2,1-2H3. The monoisotopic (exact) mass is 228 g/mol. The van der Waals surface area contributed by atoms with Crippen LogP contribution < -0.4 is 0 Å². The molecule has 1 saturated carbocycles. The predicted molar refractivity (Wildman–Crippen MR) is 66.5 cm³/mol. The van der Waals surface area contributed by atoms with E-state index in [2.05, 4.69) is 9.38 Å². The molecule has 0 N–H and O–H groups in total. The second-order valence-electron chi connectivity index (χ2n) is 4.87. The highest BCUT2D eigenvalue weighted by Gasteiger charge is 2.26. The summed E-state index contributed by atoms with van der Waals surface area (Å²) in [7, 11) is 0. The molecule has 1 aliphatic carbocycles. The van der Waals surface area contributed by atoms with E-state index in [4.69, 9.17) is 0 Å². The number of hydrogen-bond donors (Lipinski definition) is 0. The predicted octanol–water partition coefficient (Wildman–Crippen LogP) is 3.11. The molecule has 0 atom stereocenters. The minimum Gasteiger partial charge on any atom is -0.293 e. The van der Waals surface area contributed by atoms with Crippen molar-refractivity contribution >= 4 is 11.3 Å². The molecule has 0 amide bonds. The van der Waals surface area contributed by atoms with Crippen molar-refractivity contribution in [3.05, 3.63) is 35.4 Å². The van der Waals surface area contributed by atoms with Crippen LogP contribution in [0, 0.1) is 6.92 Å². The first-order valence-electron chi connectivity index (χ1n) is 6.17. The Kier molecular flexibility index (Phi) is 2.28. The molecule has 1 aliphatic rings. The Morgan fingerprint density at radius 3 is 2.76 bits per heavy atom. The van der Waals surface area contributed by atoms with Gasteiger partial charge in [0.1, 0.15) is 5.82 Å². The number of aromatic nitrogens is 2. The molecule has 0 saturated heterocycles. The van der Waals surface area contributed by atoms with Gasteiger partial charge in [-0.3, -0.25) is 9.20 Å². The molecular weight excluding hydrogens is 212 g/mol. The molecule has 3 rings (SSSR count). The molecule has 2 aromatic heterocycles. The van der Waals surface area contributed by atoms with E-state index < -0.39 is 0 Å². The van der Waals surface area contributed by atoms with Crippen molar-refractivity contribution in [3.63, 3.8) is 0 Å². The van der Waals surface area contributed by atoms with Gasteiger partial charge in [0.15, 0.2) is 5.78 Å². The average Bonchev–Trinajstić information content (AvgIpc) is 2.54. The molecule has 3 nitrogen and oxygen atoms in total. The van der Waals surface area contributed by atoms with E-state index in [0.29, 0.717) is 5.92 Å². The third kappa shape index (κ3) is 1.49. The smallest absolute Gasteiger partial charge is 0.176 e. The van der Waals surface area contributed by atoms with Crippen molar-refractivity contribution in [2.75, 3.05) is 0 Å². The van der Waals surface area contributed by atoms with Gasteiger partial charge in [-0.05, 0) is 31.9 Å². The number of carbonyl (C=O) groups is 1. The summed E-state index contributed by atoms with van der Waals surface area (Å²) in [5, 5.41) is 0. The van der Waals surface area contributed by atoms with Crippen LogP contribution in [-0.2, 0) is 0 Å². The first-order valence-corrected chi connectivity index (χ1v) is 6.17. The van der Waals surface area contributed by atoms with Crippen molar-refractivity contribution in [2.24, 2.45) is 0 Å². The van der Waals surface area contributed by atoms with Crippen molar-refractivity contribution in [3.8, 4) is 0 Å². The van der Waals surface area contributed by atoms with Crippen LogP contribution in [0.15, 0.2) is 18.2 Å². The molecule has 0 radical (unpaired) electrons. The number of hydrogen-bond acceptors (Lipinski definition) is 2. The van der Waals surface area contributed by atoms with Crippen LogP contribution >= 0.6 is 0 Å². The second kappa shape index (κ2) is 3.69. The molecule has 0 spiro atoms. The van der Waals surface area contributed by atoms with E-state index in [1.165, 1.54) is 19.3 Å². The number of nitrogens with zero attached hydrogens (tertiary/aromatic N) is 2. The van der Waals surface area contributed by atoms with Gasteiger partial charge >= 0.3 is 0 Å². The summed E-state index contributed by atoms with van der Waals surface area (Å²) in [5.41, 5.74) is 2.85. The van der Waals surface area contributed by atoms with Crippen LogP contribution in [0.25, 0.3) is 5.52 Å². The number of ketones is 1. The Labute approximate surface area is 100 Å². The SMILES string of the molecule is CC(=O)c1cccc2c(C)nc(C3CCC3)n12. The van der Waals surface area contributed by atoms with Gasteiger partial charge in [0, 0.05) is 12.8 Å². The lowest BCUT2D eigenvalue weighted by molar-refractivity contribution is 0.101. The Morgan fingerprint density at radius 1 is 1.41 bits per heavy atom. The summed E-state index contributed by atoms with van der Waals surface area (Å²) in [6.07, 6.45) is 3.68. The summed E-state index contributed by atoms with van der Waals surface area (Å²) in [6.45, 7) is 3.63. The first-order chi connectivity index (χ1) is 8.18. The van der Waals surface area contributed by atoms with Crippen LogP contribution in [0.3, 0.4) is 0 Å². The zero-order valence-corrected chi connectivity index (χ0v) is 10.2. The fourth-order valence-electron chi connectivity index (χ4n) is 2.53. The van der Waals surface area contributed by atoms with Gasteiger partial charge in [0.05, 0.1) is 16.9 Å². The molecule has 1 fully saturated rings. The lowest BCUT2D eigenvalue weighted by Gasteiger charge is -2.24. The van der Waals surface area contributed by atoms with E-state index in [-0.39, 0.29) is 5.78 Å². The molecule has 0 unspecified atom stereocenters. The highest BCUT2D eigenvalue weighted by molar-refractivity contribution is 5.93. The van der Waals surface area contributed by atoms with Gasteiger partial charge in [0.2, 0.25) is 0 Å². The maximum absolute atomic E-state index is 11.7. The Balaban J connectivity index is 2.31. The third-order valence-corrected chi connectivity index (χ3v) is 3.70. The Morgan fingerprint density at radius 2 is 2.18 bits per heavy atom. The number of imidazole rings is 1. The maximum Gasteiger partial charge on any atom is 0.176 e. The maximum atomic E-state index is 11.7. The van der Waals surface area contributed by atoms with E-state index in [1.54, 1.807) is 6.92 Å². The zero-order chi connectivity index (χ0) is 12.0. The van der Waals surface area contributed by atoms with Crippen molar-refractivity contribution < 1.29 is 4.79 Å². The minimum atomic E-state index is 0.105. The third-order valence-electron chi connectivity index (χ3n) is 3.70. The highest BCUT2D eigenvalue weighted by Crippen LogP contribution is 2.36. The molecule has 17 heavy (non-hydrogen) atoms. The van der Waals surface area contributed by atoms with E-state index in [0.717, 1.165) is 22.7 Å². The number of carbonyl (C=O) groups excluding carboxylic acids is 1. The Hall–Kier alpha value is -1.64. The van der Waals surface area contributed by atoms with E-state index in [9.17, 15) is 4.79 Å². The van der Waals surface area contributed by atoms with Gasteiger partial charge in [-0.25, -0.2) is 4.98 Å². The van der Waals surface area contributed by atoms with Gasteiger partial charge in [-0.2, -0.15) is 0 Å². The van der Waals surface area contributed by atoms with E-state index in [1.807, 2.05) is 25.1 Å². The Bertz CT molecular complexity index is 594. The van der Waals surface area contributed by atoms with Gasteiger partial charge in [-0.15, -0.1) is 0 Å². The normalized spacial score (nSPS) is 16.1. The van der Waals surface area contributed by atoms with Crippen LogP contribution in [0.2, 0.25) is 0 Å². The molecule has 0 aromatic carbocycles. The molecule has 0 aliphatic heterocycles. The van der Waals surface area contributed by atoms with E-state index >= 15 is 0 Å². The summed E-state index contributed by atoms with van der Waals surface area (Å²) in [6, 6.07) is 5.86. The van der Waals surface area contributed by atoms with Crippen molar-refractivity contribution in [1.29, 1.82) is 0 Å². The lowest BCUT2D eigenvalue weighted by Crippen LogP contribution is -2.15. The first kappa shape index (κ1) is 10.5. The molecule has 0 bridgehead atoms. The number of Topliss-reactive ketones (excluding diaryl/α,β-unsaturated/α-hetero) is 1. The lowest BCUT2D eigenvalue weighted by atomic mass is 9.85. The van der Waals surface area contributed by atoms with Gasteiger partial charge in [0.25, 0.3) is 0 Å². The minimum absolute atomic E-state index is 0.105. The van der Waals surface area contributed by atoms with Crippen LogP contribution in [0.1, 0.15) is 54.1 Å². The number of aryl methyl sites for hydroxylation is 1. The summed E-state index contributed by atoms with van der Waals surface area (Å²) >= 11 is 0. The van der Waals surface area contributed by atoms with Crippen molar-refractivity contribution in [2.45, 2.75) is 39.0 Å². The van der Waals surface area contributed by atoms with Crippen molar-refractivity contribution in [1.82, 2.24) is 9.38 Å². The fraction of sp³-hybridized carbons (Fsp3) is 0.429. The molecule has 88 valence electrons. The fourth-order valence-corrected chi connectivity index (χ4v) is 2.53. The number of rotatable bonds is 2. The topological polar surface area (TPSA) is 34.4 Å². The van der Waals surface area contributed by atoms with Crippen LogP contribution in [0.4, 0.5) is 0 Å². The largest absolute Gasteiger partial charge is 0.293 e. The van der Waals surface area contributed by atoms with Gasteiger partial charge < -0.3 is 0 Å². The highest BCUT2D eigenvalue weighted by atomic mass is 16.1. The van der Waals surface area contributed by atoms with Gasteiger partial charge in [-0.1, -0.05) is 12.5 Å². The summed E-state index contributed by atoms with van der Waals surface area (Å²) < 4.78 is 2.06. The van der Waals surface area contributed by atoms with Crippen LogP contribution in [-0.4, -0.2) is 15.2 Å². The molecular formula is C14H16N2O. The molecule has 2 aromatic rings. The van der Waals surface area contributed by atoms with Crippen LogP contribution in [0.5, 0.6) is 0 Å². The quantitative estimate of drug-likeness (QED) is 0.740. The summed E-state index contributed by atoms with van der Waals surface area (Å²) in [4.78, 5) is 16.4. The zero-order valence-electron chi connectivity index (χ0n) is 10.2. The average molecular weight is 228 g/mol. The number of fused-ring (bicyclic) bond motifs is 1. The molecule has 3 heteroatoms. The second-order valence-corrected chi connectivity index (χ2v) is 4.87.